The van der Waals surface area contributed by atoms with Gasteiger partial charge in [-0.1, -0.05) is 0 Å². The second kappa shape index (κ2) is 5.99. The van der Waals surface area contributed by atoms with Crippen molar-refractivity contribution in [2.24, 2.45) is 0 Å². The van der Waals surface area contributed by atoms with Crippen molar-refractivity contribution in [3.05, 3.63) is 42.5 Å². The van der Waals surface area contributed by atoms with Gasteiger partial charge in [0.25, 0.3) is 0 Å². The number of halogens is 1. The van der Waals surface area contributed by atoms with Crippen molar-refractivity contribution in [2.45, 2.75) is 0 Å². The molecule has 3 aromatic rings. The van der Waals surface area contributed by atoms with Crippen LogP contribution in [0.3, 0.4) is 0 Å². The van der Waals surface area contributed by atoms with E-state index < -0.39 is 0 Å². The molecule has 0 saturated heterocycles. The molecule has 3 N–H and O–H groups in total. The van der Waals surface area contributed by atoms with Crippen LogP contribution in [0.15, 0.2) is 46.9 Å². The second-order valence-corrected chi connectivity index (χ2v) is 4.53. The SMILES string of the molecule is COc1ccc(-c2ccc3ccc(O)cc3[o+]2)c(O)c1O.[Cl-]. The smallest absolute Gasteiger partial charge is 0.364 e. The molecule has 6 heteroatoms. The third kappa shape index (κ3) is 2.58. The zero-order chi connectivity index (χ0) is 15.0. The molecular formula is C16H13ClO5. The quantitative estimate of drug-likeness (QED) is 0.473. The maximum Gasteiger partial charge on any atom is 0.364 e. The molecular weight excluding hydrogens is 308 g/mol. The molecule has 1 aromatic heterocycles. The molecule has 3 rings (SSSR count). The largest absolute Gasteiger partial charge is 1.00 e. The molecule has 1 heterocycles. The van der Waals surface area contributed by atoms with Crippen LogP contribution in [0.1, 0.15) is 0 Å². The van der Waals surface area contributed by atoms with Gasteiger partial charge < -0.3 is 32.5 Å². The molecule has 0 aliphatic heterocycles. The lowest BCUT2D eigenvalue weighted by molar-refractivity contribution is -0.00000768. The predicted octanol–water partition coefficient (Wildman–Crippen LogP) is 0.510. The van der Waals surface area contributed by atoms with Crippen LogP contribution in [0.25, 0.3) is 22.3 Å². The summed E-state index contributed by atoms with van der Waals surface area (Å²) in [6.07, 6.45) is 0. The average Bonchev–Trinajstić information content (AvgIpc) is 2.49. The number of phenols is 3. The van der Waals surface area contributed by atoms with E-state index in [1.807, 2.05) is 0 Å². The van der Waals surface area contributed by atoms with Gasteiger partial charge in [0.1, 0.15) is 11.3 Å². The first kappa shape index (κ1) is 15.7. The molecule has 0 atom stereocenters. The summed E-state index contributed by atoms with van der Waals surface area (Å²) in [6, 6.07) is 11.4. The average molecular weight is 321 g/mol. The highest BCUT2D eigenvalue weighted by Gasteiger charge is 2.22. The molecule has 2 aromatic carbocycles. The summed E-state index contributed by atoms with van der Waals surface area (Å²) in [5, 5.41) is 30.2. The topological polar surface area (TPSA) is 81.2 Å². The van der Waals surface area contributed by atoms with E-state index in [9.17, 15) is 15.3 Å². The zero-order valence-corrected chi connectivity index (χ0v) is 12.3. The van der Waals surface area contributed by atoms with Gasteiger partial charge in [-0.15, -0.1) is 0 Å². The number of hydrogen-bond acceptors (Lipinski definition) is 4. The molecule has 0 aliphatic rings. The van der Waals surface area contributed by atoms with Gasteiger partial charge in [0.15, 0.2) is 11.5 Å². The standard InChI is InChI=1S/C16H12O5.ClH/c1-20-13-7-5-11(15(18)16(13)19)12-6-3-9-2-4-10(17)8-14(9)21-12;/h2-8H,1H3,(H2-,17,18,19);1H. The van der Waals surface area contributed by atoms with Crippen molar-refractivity contribution in [1.82, 2.24) is 0 Å². The molecule has 0 radical (unpaired) electrons. The van der Waals surface area contributed by atoms with E-state index in [0.29, 0.717) is 16.9 Å². The van der Waals surface area contributed by atoms with Crippen LogP contribution < -0.4 is 17.1 Å². The van der Waals surface area contributed by atoms with Crippen LogP contribution in [0.5, 0.6) is 23.0 Å². The summed E-state index contributed by atoms with van der Waals surface area (Å²) < 4.78 is 10.6. The Morgan fingerprint density at radius 1 is 0.909 bits per heavy atom. The lowest BCUT2D eigenvalue weighted by Crippen LogP contribution is -3.00. The first-order chi connectivity index (χ1) is 10.1. The van der Waals surface area contributed by atoms with Gasteiger partial charge in [-0.2, -0.15) is 0 Å². The Hall–Kier alpha value is -2.66. The molecule has 5 nitrogen and oxygen atoms in total. The van der Waals surface area contributed by atoms with Crippen LogP contribution in [-0.4, -0.2) is 22.4 Å². The maximum absolute atomic E-state index is 10.1. The maximum atomic E-state index is 10.1. The fraction of sp³-hybridized carbons (Fsp3) is 0.0625. The molecule has 0 spiro atoms. The molecule has 0 bridgehead atoms. The molecule has 0 unspecified atom stereocenters. The van der Waals surface area contributed by atoms with Crippen molar-refractivity contribution in [3.8, 4) is 34.3 Å². The van der Waals surface area contributed by atoms with E-state index >= 15 is 0 Å². The number of phenolic OH excluding ortho intramolecular Hbond substituents is 3. The van der Waals surface area contributed by atoms with Gasteiger partial charge in [-0.05, 0) is 30.3 Å². The van der Waals surface area contributed by atoms with Gasteiger partial charge in [-0.25, -0.2) is 4.42 Å². The van der Waals surface area contributed by atoms with Crippen LogP contribution in [0, 0.1) is 0 Å². The summed E-state index contributed by atoms with van der Waals surface area (Å²) >= 11 is 0. The van der Waals surface area contributed by atoms with Gasteiger partial charge in [0.05, 0.1) is 18.6 Å². The Morgan fingerprint density at radius 2 is 1.64 bits per heavy atom. The highest BCUT2D eigenvalue weighted by molar-refractivity contribution is 5.81. The Morgan fingerprint density at radius 3 is 2.36 bits per heavy atom. The van der Waals surface area contributed by atoms with Gasteiger partial charge in [0.2, 0.25) is 5.75 Å². The fourth-order valence-electron chi connectivity index (χ4n) is 2.14. The van der Waals surface area contributed by atoms with Gasteiger partial charge in [-0.3, -0.25) is 0 Å². The van der Waals surface area contributed by atoms with E-state index in [4.69, 9.17) is 9.15 Å². The molecule has 0 saturated carbocycles. The van der Waals surface area contributed by atoms with Crippen molar-refractivity contribution >= 4 is 11.0 Å². The lowest BCUT2D eigenvalue weighted by Gasteiger charge is -2.06. The first-order valence-electron chi connectivity index (χ1n) is 6.25. The van der Waals surface area contributed by atoms with Crippen molar-refractivity contribution in [1.29, 1.82) is 0 Å². The second-order valence-electron chi connectivity index (χ2n) is 4.53. The van der Waals surface area contributed by atoms with Crippen molar-refractivity contribution < 1.29 is 36.9 Å². The highest BCUT2D eigenvalue weighted by Crippen LogP contribution is 2.43. The predicted molar refractivity (Wildman–Crippen MR) is 77.6 cm³/mol. The van der Waals surface area contributed by atoms with Crippen LogP contribution in [0.2, 0.25) is 0 Å². The highest BCUT2D eigenvalue weighted by atomic mass is 35.5. The molecule has 0 amide bonds. The van der Waals surface area contributed by atoms with E-state index in [1.165, 1.54) is 19.2 Å². The number of aromatic hydroxyl groups is 3. The minimum atomic E-state index is -0.346. The van der Waals surface area contributed by atoms with Crippen LogP contribution in [-0.2, 0) is 0 Å². The van der Waals surface area contributed by atoms with E-state index in [0.717, 1.165) is 5.39 Å². The minimum absolute atomic E-state index is 0. The van der Waals surface area contributed by atoms with Crippen LogP contribution >= 0.6 is 0 Å². The summed E-state index contributed by atoms with van der Waals surface area (Å²) in [6.45, 7) is 0. The lowest BCUT2D eigenvalue weighted by atomic mass is 10.1. The summed E-state index contributed by atoms with van der Waals surface area (Å²) in [4.78, 5) is 0. The Balaban J connectivity index is 0.00000176. The summed E-state index contributed by atoms with van der Waals surface area (Å²) in [5.74, 6) is -0.0396. The summed E-state index contributed by atoms with van der Waals surface area (Å²) in [7, 11) is 1.40. The van der Waals surface area contributed by atoms with Crippen molar-refractivity contribution in [3.63, 3.8) is 0 Å². The Labute approximate surface area is 132 Å². The van der Waals surface area contributed by atoms with Crippen molar-refractivity contribution in [2.75, 3.05) is 7.11 Å². The summed E-state index contributed by atoms with van der Waals surface area (Å²) in [5.41, 5.74) is 0.806. The number of methoxy groups -OCH3 is 1. The van der Waals surface area contributed by atoms with Gasteiger partial charge >= 0.3 is 11.3 Å². The first-order valence-corrected chi connectivity index (χ1v) is 6.25. The molecule has 0 aliphatic carbocycles. The molecule has 0 fully saturated rings. The zero-order valence-electron chi connectivity index (χ0n) is 11.6. The number of rotatable bonds is 2. The fourth-order valence-corrected chi connectivity index (χ4v) is 2.14. The number of benzene rings is 2. The third-order valence-corrected chi connectivity index (χ3v) is 3.23. The minimum Gasteiger partial charge on any atom is -1.00 e. The normalized spacial score (nSPS) is 10.2. The third-order valence-electron chi connectivity index (χ3n) is 3.23. The van der Waals surface area contributed by atoms with Gasteiger partial charge in [0, 0.05) is 6.07 Å². The van der Waals surface area contributed by atoms with E-state index in [2.05, 4.69) is 0 Å². The number of ether oxygens (including phenoxy) is 1. The number of fused-ring (bicyclic) bond motifs is 1. The Bertz CT molecular complexity index is 832. The molecule has 22 heavy (non-hydrogen) atoms. The monoisotopic (exact) mass is 320 g/mol. The Kier molecular flexibility index (Phi) is 4.28. The molecule has 114 valence electrons. The number of hydrogen-bond donors (Lipinski definition) is 3. The van der Waals surface area contributed by atoms with E-state index in [-0.39, 0.29) is 35.4 Å². The van der Waals surface area contributed by atoms with Crippen LogP contribution in [0.4, 0.5) is 0 Å². The van der Waals surface area contributed by atoms with E-state index in [1.54, 1.807) is 30.3 Å².